The van der Waals surface area contributed by atoms with E-state index < -0.39 is 0 Å². The monoisotopic (exact) mass is 388 g/mol. The molecule has 0 radical (unpaired) electrons. The fourth-order valence-electron chi connectivity index (χ4n) is 3.47. The predicted molar refractivity (Wildman–Crippen MR) is 105 cm³/mol. The van der Waals surface area contributed by atoms with E-state index in [0.717, 1.165) is 18.4 Å². The fraction of sp³-hybridized carbons (Fsp3) is 0.286. The van der Waals surface area contributed by atoms with E-state index in [4.69, 9.17) is 4.74 Å². The van der Waals surface area contributed by atoms with Crippen molar-refractivity contribution >= 4 is 5.91 Å². The van der Waals surface area contributed by atoms with Gasteiger partial charge in [0.15, 0.2) is 0 Å². The summed E-state index contributed by atoms with van der Waals surface area (Å²) in [6.07, 6.45) is 6.18. The number of aromatic nitrogens is 4. The summed E-state index contributed by atoms with van der Waals surface area (Å²) in [4.78, 5) is 20.7. The zero-order chi connectivity index (χ0) is 20.2. The first-order chi connectivity index (χ1) is 14.2. The van der Waals surface area contributed by atoms with Crippen LogP contribution in [0.15, 0.2) is 48.9 Å². The number of nitrogens with zero attached hydrogens (tertiary/aromatic N) is 6. The molecule has 1 saturated heterocycles. The number of carbonyl (C=O) groups excluding carboxylic acids is 1. The molecule has 1 aromatic carbocycles. The second-order valence-corrected chi connectivity index (χ2v) is 6.89. The third-order valence-electron chi connectivity index (χ3n) is 4.95. The minimum atomic E-state index is -0.218. The molecule has 1 amide bonds. The lowest BCUT2D eigenvalue weighted by Gasteiger charge is -2.33. The summed E-state index contributed by atoms with van der Waals surface area (Å²) in [5, 5.41) is 17.7. The number of hydrogen-bond donors (Lipinski definition) is 0. The van der Waals surface area contributed by atoms with E-state index in [2.05, 4.69) is 21.3 Å². The molecule has 1 fully saturated rings. The number of ether oxygens (including phenoxy) is 1. The van der Waals surface area contributed by atoms with Crippen LogP contribution in [0.3, 0.4) is 0 Å². The SMILES string of the molecule is Cc1ccnc(O[C@@H]2CCCN(C(=O)c3ccccc3-n3nccn3)C2)c1C#N. The van der Waals surface area contributed by atoms with Crippen LogP contribution >= 0.6 is 0 Å². The van der Waals surface area contributed by atoms with Crippen molar-refractivity contribution in [1.82, 2.24) is 24.9 Å². The summed E-state index contributed by atoms with van der Waals surface area (Å²) in [5.74, 6) is 0.233. The lowest BCUT2D eigenvalue weighted by atomic mass is 10.1. The summed E-state index contributed by atoms with van der Waals surface area (Å²) in [6.45, 7) is 2.93. The molecule has 3 aromatic rings. The highest BCUT2D eigenvalue weighted by atomic mass is 16.5. The molecule has 146 valence electrons. The summed E-state index contributed by atoms with van der Waals surface area (Å²) in [6, 6.07) is 11.2. The van der Waals surface area contributed by atoms with Crippen LogP contribution in [0.4, 0.5) is 0 Å². The van der Waals surface area contributed by atoms with Crippen molar-refractivity contribution in [1.29, 1.82) is 5.26 Å². The molecule has 8 heteroatoms. The third-order valence-corrected chi connectivity index (χ3v) is 4.95. The third kappa shape index (κ3) is 3.80. The summed E-state index contributed by atoms with van der Waals surface area (Å²) >= 11 is 0. The van der Waals surface area contributed by atoms with Gasteiger partial charge in [0.2, 0.25) is 5.88 Å². The van der Waals surface area contributed by atoms with Gasteiger partial charge in [0, 0.05) is 12.7 Å². The summed E-state index contributed by atoms with van der Waals surface area (Å²) < 4.78 is 6.02. The van der Waals surface area contributed by atoms with Crippen molar-refractivity contribution in [3.05, 3.63) is 65.6 Å². The van der Waals surface area contributed by atoms with E-state index in [0.29, 0.717) is 35.8 Å². The van der Waals surface area contributed by atoms with Gasteiger partial charge in [-0.2, -0.15) is 20.3 Å². The smallest absolute Gasteiger partial charge is 0.256 e. The van der Waals surface area contributed by atoms with Gasteiger partial charge in [-0.3, -0.25) is 4.79 Å². The van der Waals surface area contributed by atoms with E-state index in [1.807, 2.05) is 25.1 Å². The number of aryl methyl sites for hydroxylation is 1. The average Bonchev–Trinajstić information content (AvgIpc) is 3.28. The first-order valence-corrected chi connectivity index (χ1v) is 9.44. The van der Waals surface area contributed by atoms with Crippen molar-refractivity contribution in [3.8, 4) is 17.6 Å². The van der Waals surface area contributed by atoms with E-state index >= 15 is 0 Å². The van der Waals surface area contributed by atoms with Gasteiger partial charge in [-0.1, -0.05) is 12.1 Å². The van der Waals surface area contributed by atoms with Gasteiger partial charge in [-0.25, -0.2) is 4.98 Å². The van der Waals surface area contributed by atoms with Gasteiger partial charge in [-0.15, -0.1) is 0 Å². The van der Waals surface area contributed by atoms with Crippen LogP contribution < -0.4 is 4.74 Å². The molecule has 3 heterocycles. The lowest BCUT2D eigenvalue weighted by Crippen LogP contribution is -2.44. The quantitative estimate of drug-likeness (QED) is 0.681. The highest BCUT2D eigenvalue weighted by Crippen LogP contribution is 2.24. The van der Waals surface area contributed by atoms with Gasteiger partial charge in [0.25, 0.3) is 5.91 Å². The summed E-state index contributed by atoms with van der Waals surface area (Å²) in [7, 11) is 0. The first kappa shape index (κ1) is 18.6. The first-order valence-electron chi connectivity index (χ1n) is 9.44. The molecule has 1 atom stereocenters. The van der Waals surface area contributed by atoms with E-state index in [1.165, 1.54) is 4.80 Å². The standard InChI is InChI=1S/C21H20N6O2/c1-15-8-9-23-20(18(15)13-22)29-16-5-4-12-26(14-16)21(28)17-6-2-3-7-19(17)27-24-10-11-25-27/h2-3,6-11,16H,4-5,12,14H2,1H3/t16-/m1/s1. The number of para-hydroxylation sites is 1. The minimum absolute atomic E-state index is 0.0936. The molecular formula is C21H20N6O2. The van der Waals surface area contributed by atoms with Crippen LogP contribution in [0.25, 0.3) is 5.69 Å². The molecular weight excluding hydrogens is 368 g/mol. The predicted octanol–water partition coefficient (Wildman–Crippen LogP) is 2.53. The second-order valence-electron chi connectivity index (χ2n) is 6.89. The van der Waals surface area contributed by atoms with Crippen molar-refractivity contribution < 1.29 is 9.53 Å². The molecule has 8 nitrogen and oxygen atoms in total. The van der Waals surface area contributed by atoms with Crippen molar-refractivity contribution in [2.45, 2.75) is 25.9 Å². The van der Waals surface area contributed by atoms with Gasteiger partial charge in [0.1, 0.15) is 17.7 Å². The maximum absolute atomic E-state index is 13.2. The van der Waals surface area contributed by atoms with Crippen molar-refractivity contribution in [2.24, 2.45) is 0 Å². The highest BCUT2D eigenvalue weighted by molar-refractivity contribution is 5.97. The largest absolute Gasteiger partial charge is 0.472 e. The highest BCUT2D eigenvalue weighted by Gasteiger charge is 2.28. The molecule has 0 spiro atoms. The Morgan fingerprint density at radius 2 is 2.00 bits per heavy atom. The van der Waals surface area contributed by atoms with Crippen molar-refractivity contribution in [3.63, 3.8) is 0 Å². The number of benzene rings is 1. The number of carbonyl (C=O) groups is 1. The van der Waals surface area contributed by atoms with Crippen LogP contribution in [-0.2, 0) is 0 Å². The Kier molecular flexibility index (Phi) is 5.20. The van der Waals surface area contributed by atoms with Gasteiger partial charge in [-0.05, 0) is 43.5 Å². The molecule has 0 bridgehead atoms. The topological polar surface area (TPSA) is 96.9 Å². The van der Waals surface area contributed by atoms with E-state index in [9.17, 15) is 10.1 Å². The molecule has 1 aliphatic rings. The molecule has 0 unspecified atom stereocenters. The Balaban J connectivity index is 1.54. The Hall–Kier alpha value is -3.73. The average molecular weight is 388 g/mol. The lowest BCUT2D eigenvalue weighted by molar-refractivity contribution is 0.0526. The molecule has 0 saturated carbocycles. The number of likely N-dealkylation sites (tertiary alicyclic amines) is 1. The van der Waals surface area contributed by atoms with Crippen LogP contribution in [0.2, 0.25) is 0 Å². The Bertz CT molecular complexity index is 1060. The van der Waals surface area contributed by atoms with Crippen LogP contribution in [0, 0.1) is 18.3 Å². The van der Waals surface area contributed by atoms with E-state index in [-0.39, 0.29) is 12.0 Å². The number of amides is 1. The second kappa shape index (κ2) is 8.10. The Morgan fingerprint density at radius 1 is 1.21 bits per heavy atom. The molecule has 4 rings (SSSR count). The number of pyridine rings is 1. The number of rotatable bonds is 4. The zero-order valence-corrected chi connectivity index (χ0v) is 16.0. The summed E-state index contributed by atoms with van der Waals surface area (Å²) in [5.41, 5.74) is 2.43. The Morgan fingerprint density at radius 3 is 2.79 bits per heavy atom. The van der Waals surface area contributed by atoms with E-state index in [1.54, 1.807) is 35.6 Å². The molecule has 2 aromatic heterocycles. The van der Waals surface area contributed by atoms with Gasteiger partial charge in [0.05, 0.1) is 30.2 Å². The fourth-order valence-corrected chi connectivity index (χ4v) is 3.47. The molecule has 1 aliphatic heterocycles. The van der Waals surface area contributed by atoms with Crippen LogP contribution in [0.5, 0.6) is 5.88 Å². The minimum Gasteiger partial charge on any atom is -0.472 e. The number of nitriles is 1. The number of piperidine rings is 1. The van der Waals surface area contributed by atoms with Gasteiger partial charge >= 0.3 is 0 Å². The Labute approximate surface area is 168 Å². The van der Waals surface area contributed by atoms with Gasteiger partial charge < -0.3 is 9.64 Å². The maximum Gasteiger partial charge on any atom is 0.256 e. The molecule has 29 heavy (non-hydrogen) atoms. The molecule has 0 aliphatic carbocycles. The normalized spacial score (nSPS) is 16.3. The maximum atomic E-state index is 13.2. The molecule has 0 N–H and O–H groups in total. The zero-order valence-electron chi connectivity index (χ0n) is 16.0. The van der Waals surface area contributed by atoms with Crippen LogP contribution in [-0.4, -0.2) is 50.0 Å². The number of hydrogen-bond acceptors (Lipinski definition) is 6. The van der Waals surface area contributed by atoms with Crippen LogP contribution in [0.1, 0.15) is 34.3 Å². The van der Waals surface area contributed by atoms with Crippen molar-refractivity contribution in [2.75, 3.05) is 13.1 Å².